The number of carbonyl (C=O) groups excluding carboxylic acids is 1. The molecule has 0 atom stereocenters. The van der Waals surface area contributed by atoms with Gasteiger partial charge in [-0.05, 0) is 62.7 Å². The third-order valence-corrected chi connectivity index (χ3v) is 6.65. The molecule has 1 fully saturated rings. The summed E-state index contributed by atoms with van der Waals surface area (Å²) in [5.41, 5.74) is 4.52. The van der Waals surface area contributed by atoms with Gasteiger partial charge in [0.05, 0.1) is 22.8 Å². The van der Waals surface area contributed by atoms with Crippen LogP contribution in [0.2, 0.25) is 5.02 Å². The van der Waals surface area contributed by atoms with Crippen molar-refractivity contribution >= 4 is 52.2 Å². The number of carbonyl (C=O) groups is 1. The highest BCUT2D eigenvalue weighted by atomic mass is 35.5. The minimum absolute atomic E-state index is 0.0844. The fourth-order valence-electron chi connectivity index (χ4n) is 3.89. The van der Waals surface area contributed by atoms with E-state index in [2.05, 4.69) is 31.0 Å². The van der Waals surface area contributed by atoms with Gasteiger partial charge >= 0.3 is 0 Å². The fraction of sp³-hybridized carbons (Fsp3) is 0.250. The van der Waals surface area contributed by atoms with E-state index in [-0.39, 0.29) is 18.2 Å². The van der Waals surface area contributed by atoms with Crippen LogP contribution in [-0.2, 0) is 4.79 Å². The number of benzene rings is 2. The highest BCUT2D eigenvalue weighted by molar-refractivity contribution is 8.06. The summed E-state index contributed by atoms with van der Waals surface area (Å²) >= 11 is 7.49. The maximum Gasteiger partial charge on any atom is 0.237 e. The van der Waals surface area contributed by atoms with Crippen LogP contribution < -0.4 is 15.1 Å². The molecule has 2 aliphatic heterocycles. The summed E-state index contributed by atoms with van der Waals surface area (Å²) < 4.78 is 0. The SMILES string of the molecule is CCN(c1ccc(N2C(=N)C(=C3NC(c4ccc(Cl)cc4)=CS3)CC2=O)cc1)C(C)C. The Morgan fingerprint density at radius 2 is 1.84 bits per heavy atom. The Morgan fingerprint density at radius 3 is 2.45 bits per heavy atom. The quantitative estimate of drug-likeness (QED) is 0.598. The molecule has 2 aromatic rings. The normalized spacial score (nSPS) is 18.6. The van der Waals surface area contributed by atoms with Crippen LogP contribution in [0.25, 0.3) is 5.70 Å². The Balaban J connectivity index is 1.54. The highest BCUT2D eigenvalue weighted by Crippen LogP contribution is 2.37. The zero-order valence-corrected chi connectivity index (χ0v) is 19.3. The van der Waals surface area contributed by atoms with Crippen LogP contribution in [0.15, 0.2) is 64.5 Å². The first kappa shape index (κ1) is 21.5. The van der Waals surface area contributed by atoms with Gasteiger partial charge in [-0.1, -0.05) is 35.5 Å². The molecule has 2 N–H and O–H groups in total. The van der Waals surface area contributed by atoms with Crippen molar-refractivity contribution in [2.45, 2.75) is 33.2 Å². The third kappa shape index (κ3) is 4.23. The van der Waals surface area contributed by atoms with Crippen molar-refractivity contribution in [2.24, 2.45) is 0 Å². The smallest absolute Gasteiger partial charge is 0.237 e. The molecule has 5 nitrogen and oxygen atoms in total. The molecule has 0 radical (unpaired) electrons. The van der Waals surface area contributed by atoms with E-state index in [1.165, 1.54) is 16.7 Å². The Labute approximate surface area is 192 Å². The largest absolute Gasteiger partial charge is 0.369 e. The number of rotatable bonds is 5. The molecule has 0 aliphatic carbocycles. The van der Waals surface area contributed by atoms with Gasteiger partial charge in [0.15, 0.2) is 0 Å². The average Bonchev–Trinajstić information content (AvgIpc) is 3.34. The highest BCUT2D eigenvalue weighted by Gasteiger charge is 2.35. The van der Waals surface area contributed by atoms with Crippen molar-refractivity contribution in [3.8, 4) is 0 Å². The zero-order chi connectivity index (χ0) is 22.1. The lowest BCUT2D eigenvalue weighted by atomic mass is 10.1. The molecule has 4 rings (SSSR count). The predicted octanol–water partition coefficient (Wildman–Crippen LogP) is 5.84. The average molecular weight is 453 g/mol. The molecule has 0 bridgehead atoms. The summed E-state index contributed by atoms with van der Waals surface area (Å²) in [5.74, 6) is 0.147. The Hall–Kier alpha value is -2.70. The molecule has 31 heavy (non-hydrogen) atoms. The molecule has 0 unspecified atom stereocenters. The van der Waals surface area contributed by atoms with Crippen molar-refractivity contribution in [3.63, 3.8) is 0 Å². The summed E-state index contributed by atoms with van der Waals surface area (Å²) in [6.45, 7) is 7.37. The monoisotopic (exact) mass is 452 g/mol. The van der Waals surface area contributed by atoms with Crippen LogP contribution in [0.3, 0.4) is 0 Å². The van der Waals surface area contributed by atoms with Crippen molar-refractivity contribution < 1.29 is 4.79 Å². The lowest BCUT2D eigenvalue weighted by Gasteiger charge is -2.28. The number of nitrogens with one attached hydrogen (secondary N) is 2. The number of halogens is 1. The van der Waals surface area contributed by atoms with Crippen LogP contribution in [0.4, 0.5) is 11.4 Å². The van der Waals surface area contributed by atoms with Gasteiger partial charge in [-0.15, -0.1) is 0 Å². The number of thioether (sulfide) groups is 1. The molecule has 0 saturated carbocycles. The Kier molecular flexibility index (Phi) is 6.12. The van der Waals surface area contributed by atoms with E-state index in [1.807, 2.05) is 53.9 Å². The molecule has 160 valence electrons. The second kappa shape index (κ2) is 8.81. The molecule has 0 aromatic heterocycles. The second-order valence-corrected chi connectivity index (χ2v) is 9.06. The second-order valence-electron chi connectivity index (χ2n) is 7.74. The summed E-state index contributed by atoms with van der Waals surface area (Å²) in [6.07, 6.45) is 0.213. The first-order valence-electron chi connectivity index (χ1n) is 10.3. The van der Waals surface area contributed by atoms with E-state index in [0.29, 0.717) is 11.1 Å². The van der Waals surface area contributed by atoms with Gasteiger partial charge in [0.1, 0.15) is 5.84 Å². The Bertz CT molecular complexity index is 1070. The van der Waals surface area contributed by atoms with Crippen molar-refractivity contribution in [2.75, 3.05) is 16.3 Å². The van der Waals surface area contributed by atoms with Crippen LogP contribution in [0.5, 0.6) is 0 Å². The van der Waals surface area contributed by atoms with E-state index in [1.54, 1.807) is 0 Å². The lowest BCUT2D eigenvalue weighted by Crippen LogP contribution is -2.31. The number of amidine groups is 1. The lowest BCUT2D eigenvalue weighted by molar-refractivity contribution is -0.116. The third-order valence-electron chi connectivity index (χ3n) is 5.46. The van der Waals surface area contributed by atoms with Crippen molar-refractivity contribution in [3.05, 3.63) is 75.1 Å². The van der Waals surface area contributed by atoms with Gasteiger partial charge in [-0.3, -0.25) is 15.1 Å². The molecule has 2 aliphatic rings. The van der Waals surface area contributed by atoms with E-state index < -0.39 is 0 Å². The van der Waals surface area contributed by atoms with Crippen LogP contribution >= 0.6 is 23.4 Å². The molecule has 1 amide bonds. The van der Waals surface area contributed by atoms with E-state index >= 15 is 0 Å². The molecule has 2 heterocycles. The molecular weight excluding hydrogens is 428 g/mol. The summed E-state index contributed by atoms with van der Waals surface area (Å²) in [4.78, 5) is 16.6. The summed E-state index contributed by atoms with van der Waals surface area (Å²) in [6, 6.07) is 15.9. The van der Waals surface area contributed by atoms with Crippen LogP contribution in [0.1, 0.15) is 32.8 Å². The fourth-order valence-corrected chi connectivity index (χ4v) is 4.93. The topological polar surface area (TPSA) is 59.4 Å². The Morgan fingerprint density at radius 1 is 1.16 bits per heavy atom. The summed E-state index contributed by atoms with van der Waals surface area (Å²) in [7, 11) is 0. The van der Waals surface area contributed by atoms with Gasteiger partial charge in [0.25, 0.3) is 0 Å². The maximum absolute atomic E-state index is 12.8. The van der Waals surface area contributed by atoms with Gasteiger partial charge < -0.3 is 10.2 Å². The number of hydrogen-bond donors (Lipinski definition) is 2. The standard InChI is InChI=1S/C24H25ClN4OS/c1-4-28(15(2)3)18-9-11-19(12-10-18)29-22(30)13-20(23(29)26)24-27-21(14-31-24)16-5-7-17(25)8-6-16/h5-12,14-15,26-27H,4,13H2,1-3H3. The summed E-state index contributed by atoms with van der Waals surface area (Å²) in [5, 5.41) is 15.6. The van der Waals surface area contributed by atoms with Crippen molar-refractivity contribution in [1.29, 1.82) is 5.41 Å². The van der Waals surface area contributed by atoms with Crippen LogP contribution in [-0.4, -0.2) is 24.3 Å². The molecule has 2 aromatic carbocycles. The van der Waals surface area contributed by atoms with Gasteiger partial charge in [0.2, 0.25) is 5.91 Å². The first-order chi connectivity index (χ1) is 14.9. The minimum atomic E-state index is -0.0844. The van der Waals surface area contributed by atoms with E-state index in [0.717, 1.165) is 39.8 Å². The number of hydrogen-bond acceptors (Lipinski definition) is 5. The van der Waals surface area contributed by atoms with Gasteiger partial charge in [-0.25, -0.2) is 0 Å². The van der Waals surface area contributed by atoms with Crippen LogP contribution in [0, 0.1) is 5.41 Å². The number of amides is 1. The molecular formula is C24H25ClN4OS. The molecule has 0 spiro atoms. The van der Waals surface area contributed by atoms with Crippen molar-refractivity contribution in [1.82, 2.24) is 5.32 Å². The first-order valence-corrected chi connectivity index (χ1v) is 11.6. The van der Waals surface area contributed by atoms with Gasteiger partial charge in [-0.2, -0.15) is 0 Å². The predicted molar refractivity (Wildman–Crippen MR) is 132 cm³/mol. The number of anilines is 2. The number of nitrogens with zero attached hydrogens (tertiary/aromatic N) is 2. The minimum Gasteiger partial charge on any atom is -0.369 e. The maximum atomic E-state index is 12.8. The van der Waals surface area contributed by atoms with Gasteiger partial charge in [0, 0.05) is 34.3 Å². The molecule has 1 saturated heterocycles. The van der Waals surface area contributed by atoms with E-state index in [4.69, 9.17) is 17.0 Å². The zero-order valence-electron chi connectivity index (χ0n) is 17.8. The van der Waals surface area contributed by atoms with E-state index in [9.17, 15) is 4.79 Å². The molecule has 7 heteroatoms.